The highest BCUT2D eigenvalue weighted by Gasteiger charge is 2.19. The van der Waals surface area contributed by atoms with E-state index in [1.54, 1.807) is 12.1 Å². The first kappa shape index (κ1) is 14.5. The molecule has 0 spiro atoms. The lowest BCUT2D eigenvalue weighted by molar-refractivity contribution is 0.609. The van der Waals surface area contributed by atoms with Gasteiger partial charge in [0.1, 0.15) is 5.82 Å². The first-order valence-electron chi connectivity index (χ1n) is 6.31. The molecule has 0 aliphatic heterocycles. The van der Waals surface area contributed by atoms with Crippen LogP contribution in [0.3, 0.4) is 0 Å². The molecule has 1 aromatic rings. The Kier molecular flexibility index (Phi) is 6.60. The summed E-state index contributed by atoms with van der Waals surface area (Å²) < 4.78 is 13.2. The van der Waals surface area contributed by atoms with E-state index in [1.165, 1.54) is 18.9 Å². The lowest BCUT2D eigenvalue weighted by Gasteiger charge is -2.23. The smallest absolute Gasteiger partial charge is 0.123 e. The normalized spacial score (nSPS) is 14.6. The lowest BCUT2D eigenvalue weighted by atomic mass is 10.0. The summed E-state index contributed by atoms with van der Waals surface area (Å²) in [6.45, 7) is 4.26. The summed E-state index contributed by atoms with van der Waals surface area (Å²) in [6, 6.07) is 6.93. The van der Waals surface area contributed by atoms with E-state index in [0.717, 1.165) is 17.7 Å². The third-order valence-electron chi connectivity index (χ3n) is 2.83. The Labute approximate surface area is 108 Å². The number of benzene rings is 1. The minimum absolute atomic E-state index is 0.0960. The molecule has 3 heteroatoms. The number of nitrogens with two attached hydrogens (primary N) is 1. The molecule has 1 nitrogen and oxygen atoms in total. The summed E-state index contributed by atoms with van der Waals surface area (Å²) in [4.78, 5) is 0. The molecule has 0 aromatic heterocycles. The van der Waals surface area contributed by atoms with Crippen LogP contribution in [0.4, 0.5) is 4.39 Å². The Bertz CT molecular complexity index is 330. The number of unbranched alkanes of at least 4 members (excludes halogenated alkanes) is 1. The highest BCUT2D eigenvalue weighted by Crippen LogP contribution is 2.33. The van der Waals surface area contributed by atoms with Gasteiger partial charge in [0.25, 0.3) is 0 Å². The number of hydrogen-bond donors (Lipinski definition) is 1. The molecule has 0 heterocycles. The summed E-state index contributed by atoms with van der Waals surface area (Å²) in [7, 11) is 0. The fourth-order valence-electron chi connectivity index (χ4n) is 1.72. The lowest BCUT2D eigenvalue weighted by Crippen LogP contribution is -2.26. The Hall–Kier alpha value is -0.540. The van der Waals surface area contributed by atoms with Gasteiger partial charge in [-0.15, -0.1) is 0 Å². The van der Waals surface area contributed by atoms with Crippen molar-refractivity contribution in [2.45, 2.75) is 44.4 Å². The van der Waals surface area contributed by atoms with Crippen molar-refractivity contribution in [3.8, 4) is 0 Å². The second-order valence-electron chi connectivity index (χ2n) is 4.27. The van der Waals surface area contributed by atoms with E-state index in [4.69, 9.17) is 5.73 Å². The Morgan fingerprint density at radius 2 is 2.12 bits per heavy atom. The van der Waals surface area contributed by atoms with E-state index in [1.807, 2.05) is 17.8 Å². The second-order valence-corrected chi connectivity index (χ2v) is 5.52. The maximum absolute atomic E-state index is 13.2. The van der Waals surface area contributed by atoms with Crippen molar-refractivity contribution in [3.63, 3.8) is 0 Å². The monoisotopic (exact) mass is 255 g/mol. The minimum Gasteiger partial charge on any atom is -0.326 e. The van der Waals surface area contributed by atoms with Crippen molar-refractivity contribution in [2.75, 3.05) is 5.75 Å². The van der Waals surface area contributed by atoms with Crippen molar-refractivity contribution in [3.05, 3.63) is 35.6 Å². The van der Waals surface area contributed by atoms with Crippen molar-refractivity contribution in [1.82, 2.24) is 0 Å². The number of thioether (sulfide) groups is 1. The van der Waals surface area contributed by atoms with E-state index in [9.17, 15) is 4.39 Å². The third-order valence-corrected chi connectivity index (χ3v) is 4.34. The average Bonchev–Trinajstić information content (AvgIpc) is 2.34. The quantitative estimate of drug-likeness (QED) is 0.741. The highest BCUT2D eigenvalue weighted by atomic mass is 32.2. The van der Waals surface area contributed by atoms with Crippen LogP contribution in [0.15, 0.2) is 24.3 Å². The van der Waals surface area contributed by atoms with Gasteiger partial charge in [-0.1, -0.05) is 32.4 Å². The van der Waals surface area contributed by atoms with Gasteiger partial charge in [0.15, 0.2) is 0 Å². The fourth-order valence-corrected chi connectivity index (χ4v) is 3.21. The van der Waals surface area contributed by atoms with Crippen LogP contribution in [-0.4, -0.2) is 11.8 Å². The Morgan fingerprint density at radius 3 is 2.71 bits per heavy atom. The molecule has 0 radical (unpaired) electrons. The van der Waals surface area contributed by atoms with Crippen LogP contribution >= 0.6 is 11.8 Å². The van der Waals surface area contributed by atoms with Gasteiger partial charge < -0.3 is 5.73 Å². The van der Waals surface area contributed by atoms with Gasteiger partial charge in [-0.2, -0.15) is 11.8 Å². The highest BCUT2D eigenvalue weighted by molar-refractivity contribution is 7.99. The molecule has 17 heavy (non-hydrogen) atoms. The van der Waals surface area contributed by atoms with Crippen molar-refractivity contribution in [1.29, 1.82) is 0 Å². The number of halogens is 1. The van der Waals surface area contributed by atoms with Gasteiger partial charge >= 0.3 is 0 Å². The SMILES string of the molecule is CCCCSC(c1cccc(F)c1)C(N)CC. The van der Waals surface area contributed by atoms with Crippen LogP contribution in [0.2, 0.25) is 0 Å². The van der Waals surface area contributed by atoms with Gasteiger partial charge in [0.05, 0.1) is 0 Å². The van der Waals surface area contributed by atoms with E-state index < -0.39 is 0 Å². The van der Waals surface area contributed by atoms with E-state index in [0.29, 0.717) is 0 Å². The maximum atomic E-state index is 13.2. The summed E-state index contributed by atoms with van der Waals surface area (Å²) >= 11 is 1.85. The van der Waals surface area contributed by atoms with Gasteiger partial charge in [0.2, 0.25) is 0 Å². The summed E-state index contributed by atoms with van der Waals surface area (Å²) in [5, 5.41) is 0.210. The molecule has 0 saturated carbocycles. The van der Waals surface area contributed by atoms with Crippen LogP contribution in [0.1, 0.15) is 43.9 Å². The predicted molar refractivity (Wildman–Crippen MR) is 74.8 cm³/mol. The van der Waals surface area contributed by atoms with Gasteiger partial charge in [-0.25, -0.2) is 4.39 Å². The summed E-state index contributed by atoms with van der Waals surface area (Å²) in [5.41, 5.74) is 7.15. The third kappa shape index (κ3) is 4.68. The summed E-state index contributed by atoms with van der Waals surface area (Å²) in [6.07, 6.45) is 3.29. The molecule has 1 rings (SSSR count). The van der Waals surface area contributed by atoms with Crippen LogP contribution in [0, 0.1) is 5.82 Å². The molecule has 0 aliphatic rings. The van der Waals surface area contributed by atoms with Gasteiger partial charge in [-0.3, -0.25) is 0 Å². The van der Waals surface area contributed by atoms with Crippen LogP contribution in [0.5, 0.6) is 0 Å². The van der Waals surface area contributed by atoms with Gasteiger partial charge in [-0.05, 0) is 36.3 Å². The molecule has 0 fully saturated rings. The molecule has 0 aliphatic carbocycles. The Balaban J connectivity index is 2.74. The zero-order valence-corrected chi connectivity index (χ0v) is 11.5. The molecule has 96 valence electrons. The van der Waals surface area contributed by atoms with Crippen LogP contribution in [-0.2, 0) is 0 Å². The van der Waals surface area contributed by atoms with E-state index in [2.05, 4.69) is 13.8 Å². The fraction of sp³-hybridized carbons (Fsp3) is 0.571. The molecule has 2 unspecified atom stereocenters. The van der Waals surface area contributed by atoms with Crippen LogP contribution in [0.25, 0.3) is 0 Å². The number of hydrogen-bond acceptors (Lipinski definition) is 2. The maximum Gasteiger partial charge on any atom is 0.123 e. The summed E-state index contributed by atoms with van der Waals surface area (Å²) in [5.74, 6) is 0.914. The van der Waals surface area contributed by atoms with Crippen molar-refractivity contribution in [2.24, 2.45) is 5.73 Å². The molecule has 0 amide bonds. The minimum atomic E-state index is -0.174. The number of rotatable bonds is 7. The zero-order valence-electron chi connectivity index (χ0n) is 10.7. The molecule has 1 aromatic carbocycles. The van der Waals surface area contributed by atoms with Gasteiger partial charge in [0, 0.05) is 11.3 Å². The molecular weight excluding hydrogens is 233 g/mol. The first-order chi connectivity index (χ1) is 8.19. The zero-order chi connectivity index (χ0) is 12.7. The topological polar surface area (TPSA) is 26.0 Å². The molecule has 2 N–H and O–H groups in total. The molecule has 2 atom stereocenters. The van der Waals surface area contributed by atoms with Crippen molar-refractivity contribution >= 4 is 11.8 Å². The van der Waals surface area contributed by atoms with E-state index >= 15 is 0 Å². The first-order valence-corrected chi connectivity index (χ1v) is 7.36. The van der Waals surface area contributed by atoms with Crippen LogP contribution < -0.4 is 5.73 Å². The molecule has 0 bridgehead atoms. The largest absolute Gasteiger partial charge is 0.326 e. The Morgan fingerprint density at radius 1 is 1.35 bits per heavy atom. The standard InChI is InChI=1S/C14H22FNS/c1-3-5-9-17-14(13(16)4-2)11-7-6-8-12(15)10-11/h6-8,10,13-14H,3-5,9,16H2,1-2H3. The molecule has 0 saturated heterocycles. The average molecular weight is 255 g/mol. The van der Waals surface area contributed by atoms with E-state index in [-0.39, 0.29) is 17.1 Å². The second kappa shape index (κ2) is 7.72. The molecular formula is C14H22FNS. The van der Waals surface area contributed by atoms with Crippen molar-refractivity contribution < 1.29 is 4.39 Å². The predicted octanol–water partition coefficient (Wildman–Crippen LogP) is 4.14.